The molecular formula is C13H18O3. The molecule has 2 aliphatic carbocycles. The maximum Gasteiger partial charge on any atom is 0.158 e. The van der Waals surface area contributed by atoms with E-state index in [0.717, 1.165) is 44.3 Å². The lowest BCUT2D eigenvalue weighted by molar-refractivity contribution is -0.179. The van der Waals surface area contributed by atoms with Crippen LogP contribution in [0.25, 0.3) is 0 Å². The highest BCUT2D eigenvalue weighted by Gasteiger charge is 2.36. The van der Waals surface area contributed by atoms with E-state index >= 15 is 0 Å². The van der Waals surface area contributed by atoms with Gasteiger partial charge in [0.05, 0.1) is 6.10 Å². The van der Waals surface area contributed by atoms with E-state index < -0.39 is 0 Å². The average Bonchev–Trinajstić information content (AvgIpc) is 2.83. The summed E-state index contributed by atoms with van der Waals surface area (Å²) >= 11 is 0. The Labute approximate surface area is 95.8 Å². The lowest BCUT2D eigenvalue weighted by Crippen LogP contribution is -2.26. The maximum absolute atomic E-state index is 11.5. The zero-order valence-electron chi connectivity index (χ0n) is 9.48. The first-order chi connectivity index (χ1) is 7.83. The van der Waals surface area contributed by atoms with Gasteiger partial charge in [0.15, 0.2) is 12.1 Å². The zero-order chi connectivity index (χ0) is 11.0. The summed E-state index contributed by atoms with van der Waals surface area (Å²) in [5.74, 6) is 0.807. The van der Waals surface area contributed by atoms with Gasteiger partial charge in [-0.25, -0.2) is 0 Å². The summed E-state index contributed by atoms with van der Waals surface area (Å²) in [4.78, 5) is 11.5. The number of carbonyl (C=O) groups is 1. The van der Waals surface area contributed by atoms with Crippen molar-refractivity contribution in [2.75, 3.05) is 6.61 Å². The van der Waals surface area contributed by atoms with Crippen molar-refractivity contribution in [2.24, 2.45) is 5.92 Å². The van der Waals surface area contributed by atoms with E-state index in [4.69, 9.17) is 9.47 Å². The van der Waals surface area contributed by atoms with Gasteiger partial charge in [0.2, 0.25) is 0 Å². The number of carbonyl (C=O) groups excluding carboxylic acids is 1. The highest BCUT2D eigenvalue weighted by molar-refractivity contribution is 5.98. The molecule has 1 saturated heterocycles. The van der Waals surface area contributed by atoms with Crippen molar-refractivity contribution in [3.8, 4) is 0 Å². The van der Waals surface area contributed by atoms with Gasteiger partial charge in [-0.05, 0) is 49.7 Å². The van der Waals surface area contributed by atoms with Crippen molar-refractivity contribution in [3.05, 3.63) is 11.6 Å². The summed E-state index contributed by atoms with van der Waals surface area (Å²) in [6, 6.07) is 0. The molecule has 88 valence electrons. The predicted octanol–water partition coefficient (Wildman–Crippen LogP) is 2.21. The Morgan fingerprint density at radius 1 is 1.31 bits per heavy atom. The largest absolute Gasteiger partial charge is 0.353 e. The zero-order valence-corrected chi connectivity index (χ0v) is 9.48. The van der Waals surface area contributed by atoms with Gasteiger partial charge in [-0.15, -0.1) is 0 Å². The Morgan fingerprint density at radius 3 is 3.00 bits per heavy atom. The van der Waals surface area contributed by atoms with Gasteiger partial charge in [-0.1, -0.05) is 0 Å². The monoisotopic (exact) mass is 222 g/mol. The quantitative estimate of drug-likeness (QED) is 0.718. The minimum atomic E-state index is -0.0375. The lowest BCUT2D eigenvalue weighted by Gasteiger charge is -2.25. The highest BCUT2D eigenvalue weighted by Crippen LogP contribution is 2.39. The van der Waals surface area contributed by atoms with E-state index in [2.05, 4.69) is 0 Å². The number of rotatable bonds is 2. The molecule has 0 bridgehead atoms. The number of hydrogen-bond donors (Lipinski definition) is 0. The molecule has 2 fully saturated rings. The molecule has 3 heteroatoms. The minimum Gasteiger partial charge on any atom is -0.353 e. The Morgan fingerprint density at radius 2 is 2.25 bits per heavy atom. The molecule has 0 aromatic rings. The number of allylic oxidation sites excluding steroid dienone is 1. The van der Waals surface area contributed by atoms with Crippen molar-refractivity contribution in [1.82, 2.24) is 0 Å². The molecule has 3 aliphatic rings. The molecule has 1 unspecified atom stereocenters. The van der Waals surface area contributed by atoms with E-state index in [9.17, 15) is 4.79 Å². The third-order valence-corrected chi connectivity index (χ3v) is 3.83. The Bertz CT molecular complexity index is 315. The van der Waals surface area contributed by atoms with Crippen molar-refractivity contribution in [3.63, 3.8) is 0 Å². The fourth-order valence-corrected chi connectivity index (χ4v) is 2.96. The Hall–Kier alpha value is -0.670. The van der Waals surface area contributed by atoms with E-state index in [-0.39, 0.29) is 12.4 Å². The number of ether oxygens (including phenoxy) is 2. The van der Waals surface area contributed by atoms with Crippen molar-refractivity contribution >= 4 is 5.78 Å². The van der Waals surface area contributed by atoms with Crippen molar-refractivity contribution in [1.29, 1.82) is 0 Å². The molecule has 1 aliphatic heterocycles. The first-order valence-electron chi connectivity index (χ1n) is 6.35. The standard InChI is InChI=1S/C13H18O3/c14-12-5-4-9-7-10(8-11(9)12)16-13-3-1-2-6-15-13/h8-10,13H,1-7H2/t9-,10-,13?/m0/s1. The van der Waals surface area contributed by atoms with E-state index in [0.29, 0.717) is 11.7 Å². The van der Waals surface area contributed by atoms with Crippen LogP contribution in [0.3, 0.4) is 0 Å². The van der Waals surface area contributed by atoms with E-state index in [1.54, 1.807) is 0 Å². The van der Waals surface area contributed by atoms with Crippen LogP contribution in [0.15, 0.2) is 11.6 Å². The maximum atomic E-state index is 11.5. The van der Waals surface area contributed by atoms with Crippen LogP contribution in [-0.2, 0) is 14.3 Å². The summed E-state index contributed by atoms with van der Waals surface area (Å²) < 4.78 is 11.4. The summed E-state index contributed by atoms with van der Waals surface area (Å²) in [5, 5.41) is 0. The summed E-state index contributed by atoms with van der Waals surface area (Å²) in [6.07, 6.45) is 8.20. The molecule has 3 atom stereocenters. The van der Waals surface area contributed by atoms with E-state index in [1.165, 1.54) is 6.42 Å². The Balaban J connectivity index is 1.59. The minimum absolute atomic E-state index is 0.0375. The second kappa shape index (κ2) is 4.30. The van der Waals surface area contributed by atoms with Crippen LogP contribution >= 0.6 is 0 Å². The summed E-state index contributed by atoms with van der Waals surface area (Å²) in [6.45, 7) is 0.816. The molecule has 16 heavy (non-hydrogen) atoms. The molecule has 3 nitrogen and oxygen atoms in total. The van der Waals surface area contributed by atoms with Crippen molar-refractivity contribution in [2.45, 2.75) is 50.9 Å². The van der Waals surface area contributed by atoms with Crippen LogP contribution in [0, 0.1) is 5.92 Å². The molecule has 3 rings (SSSR count). The molecule has 1 heterocycles. The fourth-order valence-electron chi connectivity index (χ4n) is 2.96. The third kappa shape index (κ3) is 1.94. The second-order valence-corrected chi connectivity index (χ2v) is 4.99. The van der Waals surface area contributed by atoms with Gasteiger partial charge in [0.1, 0.15) is 0 Å². The van der Waals surface area contributed by atoms with Crippen LogP contribution in [0.1, 0.15) is 38.5 Å². The number of hydrogen-bond acceptors (Lipinski definition) is 3. The van der Waals surface area contributed by atoms with Gasteiger partial charge < -0.3 is 9.47 Å². The molecule has 1 saturated carbocycles. The first-order valence-corrected chi connectivity index (χ1v) is 6.35. The highest BCUT2D eigenvalue weighted by atomic mass is 16.7. The van der Waals surface area contributed by atoms with E-state index in [1.807, 2.05) is 6.08 Å². The van der Waals surface area contributed by atoms with Gasteiger partial charge in [-0.2, -0.15) is 0 Å². The molecular weight excluding hydrogens is 204 g/mol. The SMILES string of the molecule is O=C1CC[C@H]2C[C@H](OC3CCCCO3)C=C12. The smallest absolute Gasteiger partial charge is 0.158 e. The lowest BCUT2D eigenvalue weighted by atomic mass is 10.1. The average molecular weight is 222 g/mol. The van der Waals surface area contributed by atoms with Gasteiger partial charge in [0.25, 0.3) is 0 Å². The fraction of sp³-hybridized carbons (Fsp3) is 0.769. The van der Waals surface area contributed by atoms with Crippen LogP contribution in [0.4, 0.5) is 0 Å². The third-order valence-electron chi connectivity index (χ3n) is 3.83. The predicted molar refractivity (Wildman–Crippen MR) is 58.9 cm³/mol. The topological polar surface area (TPSA) is 35.5 Å². The van der Waals surface area contributed by atoms with Crippen LogP contribution in [0.5, 0.6) is 0 Å². The summed E-state index contributed by atoms with van der Waals surface area (Å²) in [7, 11) is 0. The number of Topliss-reactive ketones (excluding diaryl/α,β-unsaturated/α-hetero) is 1. The molecule has 0 N–H and O–H groups in total. The van der Waals surface area contributed by atoms with Crippen LogP contribution in [-0.4, -0.2) is 24.8 Å². The number of ketones is 1. The molecule has 0 aromatic carbocycles. The summed E-state index contributed by atoms with van der Waals surface area (Å²) in [5.41, 5.74) is 1.03. The first kappa shape index (κ1) is 10.5. The van der Waals surface area contributed by atoms with Crippen molar-refractivity contribution < 1.29 is 14.3 Å². The Kier molecular flexibility index (Phi) is 2.82. The number of fused-ring (bicyclic) bond motifs is 1. The normalized spacial score (nSPS) is 38.6. The molecule has 0 spiro atoms. The molecule has 0 amide bonds. The van der Waals surface area contributed by atoms with Gasteiger partial charge in [0, 0.05) is 13.0 Å². The second-order valence-electron chi connectivity index (χ2n) is 4.99. The van der Waals surface area contributed by atoms with Gasteiger partial charge in [-0.3, -0.25) is 4.79 Å². The van der Waals surface area contributed by atoms with Crippen LogP contribution in [0.2, 0.25) is 0 Å². The van der Waals surface area contributed by atoms with Crippen LogP contribution < -0.4 is 0 Å². The molecule has 0 radical (unpaired) electrons. The molecule has 0 aromatic heterocycles. The van der Waals surface area contributed by atoms with Gasteiger partial charge >= 0.3 is 0 Å².